The summed E-state index contributed by atoms with van der Waals surface area (Å²) in [4.78, 5) is 12.0. The van der Waals surface area contributed by atoms with Gasteiger partial charge in [0.2, 0.25) is 0 Å². The maximum absolute atomic E-state index is 13.5. The molecule has 0 aliphatic carbocycles. The molecule has 0 aliphatic rings. The summed E-state index contributed by atoms with van der Waals surface area (Å²) in [7, 11) is 0. The Balaban J connectivity index is 2.84. The van der Waals surface area contributed by atoms with E-state index in [9.17, 15) is 9.18 Å². The molecular formula is C13H17BrFNO. The van der Waals surface area contributed by atoms with Crippen molar-refractivity contribution < 1.29 is 9.18 Å². The third-order valence-corrected chi connectivity index (χ3v) is 3.26. The summed E-state index contributed by atoms with van der Waals surface area (Å²) in [5.41, 5.74) is 5.44. The van der Waals surface area contributed by atoms with Gasteiger partial charge in [0.15, 0.2) is 5.78 Å². The Morgan fingerprint density at radius 2 is 2.18 bits per heavy atom. The van der Waals surface area contributed by atoms with E-state index in [1.165, 1.54) is 6.07 Å². The zero-order valence-electron chi connectivity index (χ0n) is 10.1. The molecule has 0 amide bonds. The summed E-state index contributed by atoms with van der Waals surface area (Å²) in [6.45, 7) is 3.67. The van der Waals surface area contributed by atoms with Crippen molar-refractivity contribution in [2.75, 3.05) is 0 Å². The summed E-state index contributed by atoms with van der Waals surface area (Å²) in [5, 5.41) is 0. The minimum Gasteiger partial charge on any atom is -0.319 e. The van der Waals surface area contributed by atoms with E-state index in [0.717, 1.165) is 10.9 Å². The second-order valence-electron chi connectivity index (χ2n) is 4.50. The average Bonchev–Trinajstić information content (AvgIpc) is 2.23. The maximum atomic E-state index is 13.5. The van der Waals surface area contributed by atoms with Crippen molar-refractivity contribution in [3.8, 4) is 0 Å². The van der Waals surface area contributed by atoms with Crippen LogP contribution in [0, 0.1) is 5.82 Å². The fourth-order valence-corrected chi connectivity index (χ4v) is 2.12. The van der Waals surface area contributed by atoms with Gasteiger partial charge in [-0.15, -0.1) is 0 Å². The maximum Gasteiger partial charge on any atom is 0.156 e. The van der Waals surface area contributed by atoms with Crippen LogP contribution in [0.3, 0.4) is 0 Å². The molecule has 0 spiro atoms. The molecule has 0 saturated heterocycles. The highest BCUT2D eigenvalue weighted by molar-refractivity contribution is 9.10. The van der Waals surface area contributed by atoms with E-state index in [2.05, 4.69) is 15.9 Å². The highest BCUT2D eigenvalue weighted by atomic mass is 79.9. The predicted octanol–water partition coefficient (Wildman–Crippen LogP) is 3.22. The summed E-state index contributed by atoms with van der Waals surface area (Å²) in [6.07, 6.45) is 1.49. The van der Waals surface area contributed by atoms with Gasteiger partial charge in [0, 0.05) is 10.9 Å². The van der Waals surface area contributed by atoms with E-state index in [1.807, 2.05) is 6.92 Å². The smallest absolute Gasteiger partial charge is 0.156 e. The van der Waals surface area contributed by atoms with Gasteiger partial charge in [-0.05, 0) is 37.1 Å². The number of ketones is 1. The molecule has 0 radical (unpaired) electrons. The Bertz CT molecular complexity index is 418. The summed E-state index contributed by atoms with van der Waals surface area (Å²) < 4.78 is 14.3. The van der Waals surface area contributed by atoms with Crippen LogP contribution in [0.15, 0.2) is 22.7 Å². The second kappa shape index (κ2) is 5.74. The highest BCUT2D eigenvalue weighted by Crippen LogP contribution is 2.19. The lowest BCUT2D eigenvalue weighted by Crippen LogP contribution is -2.45. The van der Waals surface area contributed by atoms with E-state index >= 15 is 0 Å². The molecule has 0 aromatic heterocycles. The first kappa shape index (κ1) is 14.3. The molecule has 0 fully saturated rings. The number of halogens is 2. The highest BCUT2D eigenvalue weighted by Gasteiger charge is 2.27. The zero-order chi connectivity index (χ0) is 13.1. The molecule has 1 aromatic rings. The molecular weight excluding hydrogens is 285 g/mol. The van der Waals surface area contributed by atoms with E-state index in [4.69, 9.17) is 5.73 Å². The summed E-state index contributed by atoms with van der Waals surface area (Å²) in [5.74, 6) is -0.495. The minimum absolute atomic E-state index is 0.0400. The van der Waals surface area contributed by atoms with Gasteiger partial charge in [-0.1, -0.05) is 29.3 Å². The number of nitrogens with two attached hydrogens (primary N) is 1. The van der Waals surface area contributed by atoms with Crippen LogP contribution < -0.4 is 5.73 Å². The van der Waals surface area contributed by atoms with Crippen LogP contribution in [-0.4, -0.2) is 11.3 Å². The first-order valence-electron chi connectivity index (χ1n) is 5.63. The molecule has 0 heterocycles. The van der Waals surface area contributed by atoms with Gasteiger partial charge < -0.3 is 5.73 Å². The lowest BCUT2D eigenvalue weighted by molar-refractivity contribution is -0.123. The monoisotopic (exact) mass is 301 g/mol. The second-order valence-corrected chi connectivity index (χ2v) is 5.42. The molecule has 94 valence electrons. The van der Waals surface area contributed by atoms with E-state index in [-0.39, 0.29) is 18.0 Å². The van der Waals surface area contributed by atoms with E-state index < -0.39 is 5.54 Å². The first-order chi connectivity index (χ1) is 7.86. The Kier molecular flexibility index (Phi) is 4.83. The van der Waals surface area contributed by atoms with E-state index in [0.29, 0.717) is 12.0 Å². The number of benzene rings is 1. The van der Waals surface area contributed by atoms with Crippen LogP contribution in [0.25, 0.3) is 0 Å². The number of hydrogen-bond acceptors (Lipinski definition) is 2. The van der Waals surface area contributed by atoms with Crippen molar-refractivity contribution in [2.24, 2.45) is 5.73 Å². The predicted molar refractivity (Wildman–Crippen MR) is 70.3 cm³/mol. The van der Waals surface area contributed by atoms with Crippen LogP contribution >= 0.6 is 15.9 Å². The fourth-order valence-electron chi connectivity index (χ4n) is 1.71. The molecule has 0 saturated carbocycles. The molecule has 2 N–H and O–H groups in total. The van der Waals surface area contributed by atoms with Gasteiger partial charge in [-0.2, -0.15) is 0 Å². The van der Waals surface area contributed by atoms with Gasteiger partial charge in [0.25, 0.3) is 0 Å². The number of rotatable bonds is 5. The molecule has 17 heavy (non-hydrogen) atoms. The Labute approximate surface area is 110 Å². The van der Waals surface area contributed by atoms with Crippen molar-refractivity contribution in [1.29, 1.82) is 0 Å². The van der Waals surface area contributed by atoms with Crippen molar-refractivity contribution in [3.63, 3.8) is 0 Å². The minimum atomic E-state index is -0.872. The molecule has 0 bridgehead atoms. The third-order valence-electron chi connectivity index (χ3n) is 2.77. The quantitative estimate of drug-likeness (QED) is 0.907. The average molecular weight is 302 g/mol. The Morgan fingerprint density at radius 3 is 2.76 bits per heavy atom. The van der Waals surface area contributed by atoms with Crippen LogP contribution in [0.4, 0.5) is 4.39 Å². The van der Waals surface area contributed by atoms with Crippen LogP contribution in [0.5, 0.6) is 0 Å². The first-order valence-corrected chi connectivity index (χ1v) is 6.42. The Morgan fingerprint density at radius 1 is 1.53 bits per heavy atom. The van der Waals surface area contributed by atoms with Gasteiger partial charge >= 0.3 is 0 Å². The summed E-state index contributed by atoms with van der Waals surface area (Å²) in [6, 6.07) is 4.58. The van der Waals surface area contributed by atoms with Crippen LogP contribution in [0.1, 0.15) is 32.3 Å². The van der Waals surface area contributed by atoms with E-state index in [1.54, 1.807) is 19.1 Å². The molecule has 0 aliphatic heterocycles. The molecule has 2 nitrogen and oxygen atoms in total. The van der Waals surface area contributed by atoms with Crippen molar-refractivity contribution in [3.05, 3.63) is 34.1 Å². The van der Waals surface area contributed by atoms with Crippen molar-refractivity contribution >= 4 is 21.7 Å². The topological polar surface area (TPSA) is 43.1 Å². The van der Waals surface area contributed by atoms with Crippen molar-refractivity contribution in [2.45, 2.75) is 38.6 Å². The summed E-state index contributed by atoms with van der Waals surface area (Å²) >= 11 is 3.26. The molecule has 1 atom stereocenters. The molecule has 1 aromatic carbocycles. The lowest BCUT2D eigenvalue weighted by atomic mass is 9.88. The van der Waals surface area contributed by atoms with Crippen LogP contribution in [-0.2, 0) is 11.2 Å². The molecule has 1 rings (SSSR count). The Hall–Kier alpha value is -0.740. The fraction of sp³-hybridized carbons (Fsp3) is 0.462. The molecule has 1 unspecified atom stereocenters. The van der Waals surface area contributed by atoms with Gasteiger partial charge in [-0.3, -0.25) is 4.79 Å². The molecule has 4 heteroatoms. The van der Waals surface area contributed by atoms with Gasteiger partial charge in [0.05, 0.1) is 5.54 Å². The number of carbonyl (C=O) groups is 1. The third kappa shape index (κ3) is 3.89. The SMILES string of the molecule is CCCC(C)(N)C(=O)Cc1cc(Br)ccc1F. The standard InChI is InChI=1S/C13H17BrFNO/c1-3-6-13(2,16)12(17)8-9-7-10(14)4-5-11(9)15/h4-5,7H,3,6,8,16H2,1-2H3. The zero-order valence-corrected chi connectivity index (χ0v) is 11.7. The van der Waals surface area contributed by atoms with Crippen LogP contribution in [0.2, 0.25) is 0 Å². The normalized spacial score (nSPS) is 14.4. The lowest BCUT2D eigenvalue weighted by Gasteiger charge is -2.22. The largest absolute Gasteiger partial charge is 0.319 e. The van der Waals surface area contributed by atoms with Gasteiger partial charge in [-0.25, -0.2) is 4.39 Å². The van der Waals surface area contributed by atoms with Gasteiger partial charge in [0.1, 0.15) is 5.82 Å². The number of Topliss-reactive ketones (excluding diaryl/α,β-unsaturated/α-hetero) is 1. The van der Waals surface area contributed by atoms with Crippen molar-refractivity contribution in [1.82, 2.24) is 0 Å². The number of hydrogen-bond donors (Lipinski definition) is 1. The number of carbonyl (C=O) groups excluding carboxylic acids is 1.